The van der Waals surface area contributed by atoms with Crippen molar-refractivity contribution in [1.82, 2.24) is 4.57 Å². The fourth-order valence-electron chi connectivity index (χ4n) is 1.85. The van der Waals surface area contributed by atoms with Crippen molar-refractivity contribution in [2.24, 2.45) is 0 Å². The zero-order chi connectivity index (χ0) is 13.8. The highest BCUT2D eigenvalue weighted by atomic mass is 16.6. The van der Waals surface area contributed by atoms with Crippen LogP contribution in [0.1, 0.15) is 16.1 Å². The Kier molecular flexibility index (Phi) is 3.61. The Hall–Kier alpha value is -2.63. The lowest BCUT2D eigenvalue weighted by Gasteiger charge is -2.05. The topological polar surface area (TPSA) is 85.4 Å². The van der Waals surface area contributed by atoms with Crippen LogP contribution in [-0.4, -0.2) is 20.6 Å². The number of aryl methyl sites for hydroxylation is 2. The van der Waals surface area contributed by atoms with Gasteiger partial charge in [0.1, 0.15) is 5.69 Å². The summed E-state index contributed by atoms with van der Waals surface area (Å²) in [6.45, 7) is 0.388. The monoisotopic (exact) mass is 260 g/mol. The summed E-state index contributed by atoms with van der Waals surface area (Å²) < 4.78 is 1.40. The van der Waals surface area contributed by atoms with E-state index in [2.05, 4.69) is 0 Å². The standard InChI is InChI=1S/C13H12N2O4/c16-13(17)12-8-11(15(18)19)9-14(12)7-6-10-4-2-1-3-5-10/h1-5,8-9H,6-7H2,(H,16,17). The number of carbonyl (C=O) groups is 1. The van der Waals surface area contributed by atoms with Crippen LogP contribution in [0.4, 0.5) is 5.69 Å². The van der Waals surface area contributed by atoms with Gasteiger partial charge in [-0.15, -0.1) is 0 Å². The third kappa shape index (κ3) is 2.98. The molecule has 0 amide bonds. The van der Waals surface area contributed by atoms with Gasteiger partial charge in [-0.2, -0.15) is 0 Å². The summed E-state index contributed by atoms with van der Waals surface area (Å²) >= 11 is 0. The van der Waals surface area contributed by atoms with Gasteiger partial charge in [-0.05, 0) is 12.0 Å². The highest BCUT2D eigenvalue weighted by Crippen LogP contribution is 2.17. The molecule has 0 atom stereocenters. The first-order valence-electron chi connectivity index (χ1n) is 5.69. The summed E-state index contributed by atoms with van der Waals surface area (Å²) in [5.74, 6) is -1.17. The number of rotatable bonds is 5. The lowest BCUT2D eigenvalue weighted by Crippen LogP contribution is -2.09. The molecule has 0 aliphatic heterocycles. The van der Waals surface area contributed by atoms with E-state index in [4.69, 9.17) is 5.11 Å². The van der Waals surface area contributed by atoms with E-state index in [1.807, 2.05) is 30.3 Å². The number of nitrogens with zero attached hydrogens (tertiary/aromatic N) is 2. The van der Waals surface area contributed by atoms with Crippen molar-refractivity contribution in [3.8, 4) is 0 Å². The van der Waals surface area contributed by atoms with Crippen LogP contribution in [0.15, 0.2) is 42.6 Å². The smallest absolute Gasteiger partial charge is 0.352 e. The summed E-state index contributed by atoms with van der Waals surface area (Å²) in [4.78, 5) is 21.1. The molecule has 0 bridgehead atoms. The maximum atomic E-state index is 11.0. The molecule has 0 saturated heterocycles. The molecule has 19 heavy (non-hydrogen) atoms. The largest absolute Gasteiger partial charge is 0.477 e. The van der Waals surface area contributed by atoms with Gasteiger partial charge in [-0.25, -0.2) is 4.79 Å². The van der Waals surface area contributed by atoms with Crippen LogP contribution in [0, 0.1) is 10.1 Å². The second kappa shape index (κ2) is 5.34. The van der Waals surface area contributed by atoms with E-state index in [1.165, 1.54) is 10.8 Å². The molecule has 1 aromatic heterocycles. The van der Waals surface area contributed by atoms with Crippen LogP contribution >= 0.6 is 0 Å². The molecular weight excluding hydrogens is 248 g/mol. The van der Waals surface area contributed by atoms with Gasteiger partial charge in [0.15, 0.2) is 0 Å². The summed E-state index contributed by atoms with van der Waals surface area (Å²) in [5, 5.41) is 19.7. The SMILES string of the molecule is O=C(O)c1cc([N+](=O)[O-])cn1CCc1ccccc1. The van der Waals surface area contributed by atoms with Crippen LogP contribution in [0.2, 0.25) is 0 Å². The first-order chi connectivity index (χ1) is 9.08. The minimum atomic E-state index is -1.17. The molecule has 2 rings (SSSR count). The zero-order valence-electron chi connectivity index (χ0n) is 10.0. The van der Waals surface area contributed by atoms with Crippen LogP contribution in [0.25, 0.3) is 0 Å². The van der Waals surface area contributed by atoms with Crippen LogP contribution < -0.4 is 0 Å². The number of aromatic nitrogens is 1. The van der Waals surface area contributed by atoms with Gasteiger partial charge < -0.3 is 9.67 Å². The number of benzene rings is 1. The molecule has 0 saturated carbocycles. The van der Waals surface area contributed by atoms with Gasteiger partial charge in [0.05, 0.1) is 11.1 Å². The van der Waals surface area contributed by atoms with E-state index in [0.29, 0.717) is 13.0 Å². The number of nitro groups is 1. The van der Waals surface area contributed by atoms with Crippen molar-refractivity contribution >= 4 is 11.7 Å². The molecule has 6 heteroatoms. The number of hydrogen-bond acceptors (Lipinski definition) is 3. The molecule has 1 heterocycles. The molecule has 0 aliphatic rings. The summed E-state index contributed by atoms with van der Waals surface area (Å²) in [5.41, 5.74) is 0.781. The Morgan fingerprint density at radius 1 is 1.32 bits per heavy atom. The predicted octanol–water partition coefficient (Wildman–Crippen LogP) is 2.34. The Bertz CT molecular complexity index is 604. The van der Waals surface area contributed by atoms with Gasteiger partial charge in [0, 0.05) is 12.6 Å². The van der Waals surface area contributed by atoms with E-state index in [0.717, 1.165) is 11.6 Å². The van der Waals surface area contributed by atoms with Crippen LogP contribution in [-0.2, 0) is 13.0 Å². The predicted molar refractivity (Wildman–Crippen MR) is 68.2 cm³/mol. The minimum Gasteiger partial charge on any atom is -0.477 e. The number of carboxylic acids is 1. The quantitative estimate of drug-likeness (QED) is 0.660. The van der Waals surface area contributed by atoms with E-state index < -0.39 is 10.9 Å². The molecule has 6 nitrogen and oxygen atoms in total. The highest BCUT2D eigenvalue weighted by Gasteiger charge is 2.18. The Labute approximate surface area is 109 Å². The second-order valence-electron chi connectivity index (χ2n) is 4.07. The highest BCUT2D eigenvalue weighted by molar-refractivity contribution is 5.86. The molecule has 0 spiro atoms. The van der Waals surface area contributed by atoms with E-state index >= 15 is 0 Å². The first-order valence-corrected chi connectivity index (χ1v) is 5.69. The van der Waals surface area contributed by atoms with Crippen LogP contribution in [0.5, 0.6) is 0 Å². The molecule has 0 fully saturated rings. The molecule has 0 unspecified atom stereocenters. The molecule has 1 N–H and O–H groups in total. The van der Waals surface area contributed by atoms with Gasteiger partial charge in [-0.3, -0.25) is 10.1 Å². The fraction of sp³-hybridized carbons (Fsp3) is 0.154. The average Bonchev–Trinajstić information content (AvgIpc) is 2.82. The van der Waals surface area contributed by atoms with Crippen LogP contribution in [0.3, 0.4) is 0 Å². The van der Waals surface area contributed by atoms with Crippen molar-refractivity contribution < 1.29 is 14.8 Å². The molecule has 2 aromatic rings. The number of hydrogen-bond donors (Lipinski definition) is 1. The molecule has 98 valence electrons. The summed E-state index contributed by atoms with van der Waals surface area (Å²) in [6, 6.07) is 10.6. The fourth-order valence-corrected chi connectivity index (χ4v) is 1.85. The lowest BCUT2D eigenvalue weighted by molar-refractivity contribution is -0.384. The Morgan fingerprint density at radius 3 is 2.58 bits per heavy atom. The van der Waals surface area contributed by atoms with Gasteiger partial charge in [0.25, 0.3) is 5.69 Å². The molecule has 0 aliphatic carbocycles. The van der Waals surface area contributed by atoms with E-state index in [1.54, 1.807) is 0 Å². The van der Waals surface area contributed by atoms with Crippen molar-refractivity contribution in [1.29, 1.82) is 0 Å². The Morgan fingerprint density at radius 2 is 2.00 bits per heavy atom. The number of carboxylic acid groups (broad SMARTS) is 1. The third-order valence-electron chi connectivity index (χ3n) is 2.80. The number of aromatic carboxylic acids is 1. The maximum Gasteiger partial charge on any atom is 0.352 e. The van der Waals surface area contributed by atoms with Crippen molar-refractivity contribution in [3.63, 3.8) is 0 Å². The first kappa shape index (κ1) is 12.8. The van der Waals surface area contributed by atoms with Crippen molar-refractivity contribution in [3.05, 3.63) is 64.0 Å². The molecule has 0 radical (unpaired) electrons. The average molecular weight is 260 g/mol. The Balaban J connectivity index is 2.19. The zero-order valence-corrected chi connectivity index (χ0v) is 10.0. The van der Waals surface area contributed by atoms with E-state index in [-0.39, 0.29) is 11.4 Å². The normalized spacial score (nSPS) is 10.3. The van der Waals surface area contributed by atoms with Gasteiger partial charge in [0.2, 0.25) is 0 Å². The van der Waals surface area contributed by atoms with Gasteiger partial charge >= 0.3 is 5.97 Å². The second-order valence-corrected chi connectivity index (χ2v) is 4.07. The summed E-state index contributed by atoms with van der Waals surface area (Å²) in [7, 11) is 0. The third-order valence-corrected chi connectivity index (χ3v) is 2.80. The van der Waals surface area contributed by atoms with Gasteiger partial charge in [-0.1, -0.05) is 30.3 Å². The minimum absolute atomic E-state index is 0.0670. The summed E-state index contributed by atoms with van der Waals surface area (Å²) in [6.07, 6.45) is 1.87. The van der Waals surface area contributed by atoms with Crippen molar-refractivity contribution in [2.75, 3.05) is 0 Å². The lowest BCUT2D eigenvalue weighted by atomic mass is 10.1. The molecule has 1 aromatic carbocycles. The van der Waals surface area contributed by atoms with Crippen molar-refractivity contribution in [2.45, 2.75) is 13.0 Å². The molecular formula is C13H12N2O4. The maximum absolute atomic E-state index is 11.0. The van der Waals surface area contributed by atoms with E-state index in [9.17, 15) is 14.9 Å².